The number of rotatable bonds is 2. The fourth-order valence-corrected chi connectivity index (χ4v) is 1.37. The van der Waals surface area contributed by atoms with Crippen LogP contribution in [0.3, 0.4) is 0 Å². The molecule has 0 unspecified atom stereocenters. The van der Waals surface area contributed by atoms with Crippen LogP contribution in [-0.4, -0.2) is 4.98 Å². The minimum absolute atomic E-state index is 0.361. The van der Waals surface area contributed by atoms with Gasteiger partial charge in [-0.2, -0.15) is 5.26 Å². The fourth-order valence-electron chi connectivity index (χ4n) is 1.37. The standard InChI is InChI=1S/C13H11N3O/c1-9-5-6-16-13(12(9)15)17-11-4-2-3-10(7-11)8-14/h2-7H,15H2,1H3. The first-order valence-corrected chi connectivity index (χ1v) is 5.10. The minimum atomic E-state index is 0.361. The number of nitrogens with two attached hydrogens (primary N) is 1. The normalized spacial score (nSPS) is 9.65. The van der Waals surface area contributed by atoms with E-state index in [0.29, 0.717) is 22.9 Å². The quantitative estimate of drug-likeness (QED) is 0.852. The van der Waals surface area contributed by atoms with Crippen LogP contribution in [-0.2, 0) is 0 Å². The van der Waals surface area contributed by atoms with E-state index >= 15 is 0 Å². The first-order valence-electron chi connectivity index (χ1n) is 5.10. The summed E-state index contributed by atoms with van der Waals surface area (Å²) in [4.78, 5) is 4.06. The highest BCUT2D eigenvalue weighted by molar-refractivity contribution is 5.55. The second-order valence-electron chi connectivity index (χ2n) is 3.59. The summed E-state index contributed by atoms with van der Waals surface area (Å²) < 4.78 is 5.55. The van der Waals surface area contributed by atoms with Crippen LogP contribution in [0.15, 0.2) is 36.5 Å². The van der Waals surface area contributed by atoms with Gasteiger partial charge in [0, 0.05) is 6.20 Å². The summed E-state index contributed by atoms with van der Waals surface area (Å²) in [6.07, 6.45) is 1.63. The van der Waals surface area contributed by atoms with E-state index < -0.39 is 0 Å². The zero-order chi connectivity index (χ0) is 12.3. The molecule has 4 heteroatoms. The molecule has 1 aromatic heterocycles. The van der Waals surface area contributed by atoms with Gasteiger partial charge < -0.3 is 10.5 Å². The highest BCUT2D eigenvalue weighted by atomic mass is 16.5. The second kappa shape index (κ2) is 4.54. The van der Waals surface area contributed by atoms with Crippen molar-refractivity contribution in [2.45, 2.75) is 6.92 Å². The number of nitrogen functional groups attached to an aromatic ring is 1. The first kappa shape index (κ1) is 11.0. The third-order valence-corrected chi connectivity index (χ3v) is 2.35. The zero-order valence-electron chi connectivity index (χ0n) is 9.34. The molecular formula is C13H11N3O. The lowest BCUT2D eigenvalue weighted by Crippen LogP contribution is -1.97. The highest BCUT2D eigenvalue weighted by Crippen LogP contribution is 2.27. The van der Waals surface area contributed by atoms with Gasteiger partial charge in [-0.25, -0.2) is 4.98 Å². The van der Waals surface area contributed by atoms with Crippen LogP contribution >= 0.6 is 0 Å². The number of pyridine rings is 1. The molecule has 0 bridgehead atoms. The molecule has 0 atom stereocenters. The van der Waals surface area contributed by atoms with Crippen molar-refractivity contribution in [1.29, 1.82) is 5.26 Å². The van der Waals surface area contributed by atoms with E-state index in [1.807, 2.05) is 19.1 Å². The third-order valence-electron chi connectivity index (χ3n) is 2.35. The van der Waals surface area contributed by atoms with Crippen LogP contribution in [0.5, 0.6) is 11.6 Å². The first-order chi connectivity index (χ1) is 8.20. The summed E-state index contributed by atoms with van der Waals surface area (Å²) in [5.41, 5.74) is 7.80. The van der Waals surface area contributed by atoms with Gasteiger partial charge in [0.2, 0.25) is 5.88 Å². The molecule has 1 aromatic carbocycles. The van der Waals surface area contributed by atoms with Crippen LogP contribution in [0.1, 0.15) is 11.1 Å². The van der Waals surface area contributed by atoms with Crippen molar-refractivity contribution in [2.24, 2.45) is 0 Å². The molecule has 0 fully saturated rings. The monoisotopic (exact) mass is 225 g/mol. The fraction of sp³-hybridized carbons (Fsp3) is 0.0769. The molecule has 0 aliphatic heterocycles. The number of aromatic nitrogens is 1. The summed E-state index contributed by atoms with van der Waals surface area (Å²) in [7, 11) is 0. The third kappa shape index (κ3) is 2.34. The Morgan fingerprint density at radius 3 is 2.94 bits per heavy atom. The molecule has 2 N–H and O–H groups in total. The van der Waals surface area contributed by atoms with E-state index in [0.717, 1.165) is 5.56 Å². The Kier molecular flexibility index (Phi) is 2.93. The van der Waals surface area contributed by atoms with Crippen LogP contribution in [0.2, 0.25) is 0 Å². The Labute approximate surface area is 99.3 Å². The van der Waals surface area contributed by atoms with Crippen molar-refractivity contribution < 1.29 is 4.74 Å². The van der Waals surface area contributed by atoms with Crippen LogP contribution < -0.4 is 10.5 Å². The van der Waals surface area contributed by atoms with Gasteiger partial charge >= 0.3 is 0 Å². The van der Waals surface area contributed by atoms with Gasteiger partial charge in [0.25, 0.3) is 0 Å². The van der Waals surface area contributed by atoms with Crippen molar-refractivity contribution in [2.75, 3.05) is 5.73 Å². The van der Waals surface area contributed by atoms with Crippen molar-refractivity contribution in [1.82, 2.24) is 4.98 Å². The van der Waals surface area contributed by atoms with Gasteiger partial charge in [0.05, 0.1) is 17.3 Å². The maximum absolute atomic E-state index is 8.78. The summed E-state index contributed by atoms with van der Waals surface area (Å²) in [5.74, 6) is 0.911. The average molecular weight is 225 g/mol. The van der Waals surface area contributed by atoms with E-state index in [4.69, 9.17) is 15.7 Å². The molecule has 0 radical (unpaired) electrons. The van der Waals surface area contributed by atoms with E-state index in [2.05, 4.69) is 4.98 Å². The molecule has 4 nitrogen and oxygen atoms in total. The SMILES string of the molecule is Cc1ccnc(Oc2cccc(C#N)c2)c1N. The van der Waals surface area contributed by atoms with Gasteiger partial charge in [-0.15, -0.1) is 0 Å². The van der Waals surface area contributed by atoms with Gasteiger partial charge in [0.1, 0.15) is 5.75 Å². The molecule has 0 aliphatic rings. The number of anilines is 1. The van der Waals surface area contributed by atoms with Crippen molar-refractivity contribution in [3.8, 4) is 17.7 Å². The molecule has 0 saturated carbocycles. The molecule has 2 rings (SSSR count). The number of hydrogen-bond donors (Lipinski definition) is 1. The Morgan fingerprint density at radius 2 is 2.18 bits per heavy atom. The van der Waals surface area contributed by atoms with Crippen LogP contribution in [0.4, 0.5) is 5.69 Å². The van der Waals surface area contributed by atoms with E-state index in [1.165, 1.54) is 0 Å². The molecule has 84 valence electrons. The predicted octanol–water partition coefficient (Wildman–Crippen LogP) is 2.64. The molecular weight excluding hydrogens is 214 g/mol. The lowest BCUT2D eigenvalue weighted by Gasteiger charge is -2.08. The smallest absolute Gasteiger partial charge is 0.242 e. The molecule has 0 spiro atoms. The number of benzene rings is 1. The number of hydrogen-bond acceptors (Lipinski definition) is 4. The Morgan fingerprint density at radius 1 is 1.35 bits per heavy atom. The lowest BCUT2D eigenvalue weighted by molar-refractivity contribution is 0.465. The van der Waals surface area contributed by atoms with Crippen molar-refractivity contribution in [3.05, 3.63) is 47.7 Å². The highest BCUT2D eigenvalue weighted by Gasteiger charge is 2.06. The summed E-state index contributed by atoms with van der Waals surface area (Å²) in [6, 6.07) is 10.7. The molecule has 0 saturated heterocycles. The van der Waals surface area contributed by atoms with Gasteiger partial charge in [-0.3, -0.25) is 0 Å². The largest absolute Gasteiger partial charge is 0.437 e. The zero-order valence-corrected chi connectivity index (χ0v) is 9.34. The number of aryl methyl sites for hydroxylation is 1. The number of ether oxygens (including phenoxy) is 1. The summed E-state index contributed by atoms with van der Waals surface area (Å²) in [6.45, 7) is 1.88. The predicted molar refractivity (Wildman–Crippen MR) is 64.6 cm³/mol. The van der Waals surface area contributed by atoms with Gasteiger partial charge in [-0.1, -0.05) is 6.07 Å². The summed E-state index contributed by atoms with van der Waals surface area (Å²) >= 11 is 0. The molecule has 17 heavy (non-hydrogen) atoms. The van der Waals surface area contributed by atoms with Crippen LogP contribution in [0, 0.1) is 18.3 Å². The van der Waals surface area contributed by atoms with Gasteiger partial charge in [-0.05, 0) is 36.8 Å². The minimum Gasteiger partial charge on any atom is -0.437 e. The lowest BCUT2D eigenvalue weighted by atomic mass is 10.2. The topological polar surface area (TPSA) is 71.9 Å². The molecule has 2 aromatic rings. The molecule has 0 amide bonds. The van der Waals surface area contributed by atoms with Crippen molar-refractivity contribution >= 4 is 5.69 Å². The van der Waals surface area contributed by atoms with Crippen LogP contribution in [0.25, 0.3) is 0 Å². The van der Waals surface area contributed by atoms with Gasteiger partial charge in [0.15, 0.2) is 0 Å². The molecule has 0 aliphatic carbocycles. The maximum Gasteiger partial charge on any atom is 0.242 e. The maximum atomic E-state index is 8.78. The number of nitrogens with zero attached hydrogens (tertiary/aromatic N) is 2. The number of nitriles is 1. The van der Waals surface area contributed by atoms with E-state index in [9.17, 15) is 0 Å². The van der Waals surface area contributed by atoms with E-state index in [1.54, 1.807) is 30.5 Å². The van der Waals surface area contributed by atoms with E-state index in [-0.39, 0.29) is 0 Å². The second-order valence-corrected chi connectivity index (χ2v) is 3.59. The Balaban J connectivity index is 2.32. The Hall–Kier alpha value is -2.54. The average Bonchev–Trinajstić information content (AvgIpc) is 2.35. The summed E-state index contributed by atoms with van der Waals surface area (Å²) in [5, 5.41) is 8.78. The molecule has 1 heterocycles. The Bertz CT molecular complexity index is 587. The van der Waals surface area contributed by atoms with Crippen molar-refractivity contribution in [3.63, 3.8) is 0 Å².